The Labute approximate surface area is 153 Å². The number of hydrogen-bond donors (Lipinski definition) is 1. The zero-order chi connectivity index (χ0) is 18.4. The average molecular weight is 354 g/mol. The molecule has 1 saturated heterocycles. The molecule has 0 saturated carbocycles. The minimum atomic E-state index is -0.201. The Morgan fingerprint density at radius 1 is 1.15 bits per heavy atom. The summed E-state index contributed by atoms with van der Waals surface area (Å²) in [6, 6.07) is 7.84. The Balaban J connectivity index is 1.78. The first-order chi connectivity index (χ1) is 12.7. The topological polar surface area (TPSA) is 67.2 Å². The number of carbonyl (C=O) groups excluding carboxylic acids is 2. The van der Waals surface area contributed by atoms with Gasteiger partial charge in [-0.05, 0) is 31.1 Å². The molecule has 26 heavy (non-hydrogen) atoms. The summed E-state index contributed by atoms with van der Waals surface area (Å²) in [7, 11) is 0. The van der Waals surface area contributed by atoms with E-state index in [1.807, 2.05) is 33.7 Å². The number of para-hydroxylation sites is 2. The molecule has 0 bridgehead atoms. The summed E-state index contributed by atoms with van der Waals surface area (Å²) in [5, 5.41) is 2.77. The highest BCUT2D eigenvalue weighted by atomic mass is 16.2. The second kappa shape index (κ2) is 8.65. The van der Waals surface area contributed by atoms with Crippen LogP contribution in [0.1, 0.15) is 31.5 Å². The van der Waals surface area contributed by atoms with Gasteiger partial charge in [-0.1, -0.05) is 31.6 Å². The van der Waals surface area contributed by atoms with E-state index >= 15 is 0 Å². The zero-order valence-electron chi connectivity index (χ0n) is 15.1. The van der Waals surface area contributed by atoms with Crippen LogP contribution in [0.2, 0.25) is 0 Å². The van der Waals surface area contributed by atoms with Crippen LogP contribution in [0.5, 0.6) is 0 Å². The third-order valence-electron chi connectivity index (χ3n) is 4.82. The maximum atomic E-state index is 12.8. The van der Waals surface area contributed by atoms with Crippen LogP contribution in [0.15, 0.2) is 36.9 Å². The van der Waals surface area contributed by atoms with Crippen LogP contribution in [-0.4, -0.2) is 45.9 Å². The summed E-state index contributed by atoms with van der Waals surface area (Å²) in [5.74, 6) is 0.762. The third-order valence-corrected chi connectivity index (χ3v) is 4.82. The monoisotopic (exact) mass is 354 g/mol. The van der Waals surface area contributed by atoms with Gasteiger partial charge >= 0.3 is 0 Å². The van der Waals surface area contributed by atoms with E-state index in [1.54, 1.807) is 0 Å². The van der Waals surface area contributed by atoms with Gasteiger partial charge < -0.3 is 14.8 Å². The number of hydrogen-bond acceptors (Lipinski definition) is 3. The predicted octanol–water partition coefficient (Wildman–Crippen LogP) is 2.28. The number of amides is 2. The van der Waals surface area contributed by atoms with E-state index in [2.05, 4.69) is 16.9 Å². The minimum Gasteiger partial charge on any atom is -0.352 e. The van der Waals surface area contributed by atoms with Crippen LogP contribution in [0, 0.1) is 0 Å². The lowest BCUT2D eigenvalue weighted by Gasteiger charge is -2.21. The molecule has 2 amide bonds. The molecule has 6 nitrogen and oxygen atoms in total. The van der Waals surface area contributed by atoms with Gasteiger partial charge in [0, 0.05) is 26.1 Å². The van der Waals surface area contributed by atoms with Gasteiger partial charge in [0.2, 0.25) is 11.8 Å². The summed E-state index contributed by atoms with van der Waals surface area (Å²) in [6.07, 6.45) is 6.39. The molecule has 138 valence electrons. The fourth-order valence-electron chi connectivity index (χ4n) is 3.42. The van der Waals surface area contributed by atoms with Crippen molar-refractivity contribution in [1.82, 2.24) is 19.8 Å². The van der Waals surface area contributed by atoms with E-state index < -0.39 is 0 Å². The van der Waals surface area contributed by atoms with E-state index in [0.29, 0.717) is 19.5 Å². The second-order valence-corrected chi connectivity index (χ2v) is 6.64. The van der Waals surface area contributed by atoms with Crippen LogP contribution in [-0.2, 0) is 22.6 Å². The highest BCUT2D eigenvalue weighted by Gasteiger charge is 2.19. The lowest BCUT2D eigenvalue weighted by molar-refractivity contribution is -0.131. The van der Waals surface area contributed by atoms with Gasteiger partial charge in [0.25, 0.3) is 0 Å². The predicted molar refractivity (Wildman–Crippen MR) is 102 cm³/mol. The van der Waals surface area contributed by atoms with E-state index in [4.69, 9.17) is 0 Å². The Morgan fingerprint density at radius 2 is 1.88 bits per heavy atom. The molecule has 1 aromatic carbocycles. The van der Waals surface area contributed by atoms with E-state index in [9.17, 15) is 9.59 Å². The minimum absolute atomic E-state index is 0.145. The smallest absolute Gasteiger partial charge is 0.243 e. The van der Waals surface area contributed by atoms with Gasteiger partial charge in [-0.25, -0.2) is 4.98 Å². The van der Waals surface area contributed by atoms with E-state index in [0.717, 1.165) is 42.8 Å². The molecule has 2 aromatic rings. The molecular formula is C20H26N4O2. The van der Waals surface area contributed by atoms with Crippen molar-refractivity contribution >= 4 is 22.8 Å². The van der Waals surface area contributed by atoms with Gasteiger partial charge in [-0.3, -0.25) is 9.59 Å². The van der Waals surface area contributed by atoms with Gasteiger partial charge in [0.05, 0.1) is 11.0 Å². The number of fused-ring (bicyclic) bond motifs is 1. The normalized spacial score (nSPS) is 14.8. The first kappa shape index (κ1) is 18.2. The fraction of sp³-hybridized carbons (Fsp3) is 0.450. The van der Waals surface area contributed by atoms with Crippen molar-refractivity contribution in [3.63, 3.8) is 0 Å². The molecule has 0 spiro atoms. The molecule has 1 aliphatic rings. The zero-order valence-corrected chi connectivity index (χ0v) is 15.1. The highest BCUT2D eigenvalue weighted by Crippen LogP contribution is 2.18. The van der Waals surface area contributed by atoms with Gasteiger partial charge in [-0.15, -0.1) is 0 Å². The van der Waals surface area contributed by atoms with Crippen molar-refractivity contribution in [1.29, 1.82) is 0 Å². The number of imidazole rings is 1. The number of nitrogens with one attached hydrogen (secondary N) is 1. The molecule has 0 unspecified atom stereocenters. The number of rotatable bonds is 6. The molecule has 1 aromatic heterocycles. The lowest BCUT2D eigenvalue weighted by Crippen LogP contribution is -2.35. The number of benzene rings is 1. The lowest BCUT2D eigenvalue weighted by atomic mass is 10.2. The van der Waals surface area contributed by atoms with Crippen molar-refractivity contribution in [2.24, 2.45) is 0 Å². The average Bonchev–Trinajstić information content (AvgIpc) is 2.83. The molecule has 0 radical (unpaired) electrons. The van der Waals surface area contributed by atoms with Crippen molar-refractivity contribution in [3.05, 3.63) is 42.7 Å². The van der Waals surface area contributed by atoms with Crippen LogP contribution in [0.4, 0.5) is 0 Å². The first-order valence-corrected chi connectivity index (χ1v) is 9.31. The van der Waals surface area contributed by atoms with E-state index in [-0.39, 0.29) is 11.8 Å². The summed E-state index contributed by atoms with van der Waals surface area (Å²) in [5.41, 5.74) is 1.84. The maximum absolute atomic E-state index is 12.8. The van der Waals surface area contributed by atoms with Crippen LogP contribution >= 0.6 is 0 Å². The van der Waals surface area contributed by atoms with Crippen LogP contribution < -0.4 is 5.32 Å². The number of likely N-dealkylation sites (tertiary alicyclic amines) is 1. The third kappa shape index (κ3) is 4.31. The Morgan fingerprint density at radius 3 is 2.62 bits per heavy atom. The van der Waals surface area contributed by atoms with Crippen molar-refractivity contribution in [2.75, 3.05) is 19.6 Å². The quantitative estimate of drug-likeness (QED) is 0.810. The Kier molecular flexibility index (Phi) is 6.04. The van der Waals surface area contributed by atoms with Gasteiger partial charge in [0.1, 0.15) is 12.4 Å². The van der Waals surface area contributed by atoms with E-state index in [1.165, 1.54) is 18.9 Å². The maximum Gasteiger partial charge on any atom is 0.243 e. The molecule has 1 fully saturated rings. The van der Waals surface area contributed by atoms with Gasteiger partial charge in [-0.2, -0.15) is 0 Å². The van der Waals surface area contributed by atoms with Crippen LogP contribution in [0.25, 0.3) is 11.0 Å². The van der Waals surface area contributed by atoms with Crippen LogP contribution in [0.3, 0.4) is 0 Å². The highest BCUT2D eigenvalue weighted by molar-refractivity contribution is 5.86. The fourth-order valence-corrected chi connectivity index (χ4v) is 3.42. The standard InChI is InChI=1S/C20H26N4O2/c1-2-19(25)21-12-11-18-22-16-9-5-6-10-17(16)24(18)15-20(26)23-13-7-3-4-8-14-23/h2,5-6,9-10H,1,3-4,7-8,11-15H2,(H,21,25). The molecule has 0 atom stereocenters. The van der Waals surface area contributed by atoms with Gasteiger partial charge in [0.15, 0.2) is 0 Å². The largest absolute Gasteiger partial charge is 0.352 e. The number of nitrogens with zero attached hydrogens (tertiary/aromatic N) is 3. The summed E-state index contributed by atoms with van der Waals surface area (Å²) in [6.45, 7) is 5.90. The molecule has 2 heterocycles. The molecular weight excluding hydrogens is 328 g/mol. The van der Waals surface area contributed by atoms with Crippen molar-refractivity contribution < 1.29 is 9.59 Å². The molecule has 3 rings (SSSR count). The molecule has 1 N–H and O–H groups in total. The number of aromatic nitrogens is 2. The Bertz CT molecular complexity index is 788. The summed E-state index contributed by atoms with van der Waals surface area (Å²) >= 11 is 0. The summed E-state index contributed by atoms with van der Waals surface area (Å²) < 4.78 is 1.99. The molecule has 0 aliphatic carbocycles. The SMILES string of the molecule is C=CC(=O)NCCc1nc2ccccc2n1CC(=O)N1CCCCCC1. The number of carbonyl (C=O) groups is 2. The Hall–Kier alpha value is -2.63. The molecule has 6 heteroatoms. The summed E-state index contributed by atoms with van der Waals surface area (Å²) in [4.78, 5) is 30.8. The molecule has 1 aliphatic heterocycles. The van der Waals surface area contributed by atoms with Crippen molar-refractivity contribution in [2.45, 2.75) is 38.6 Å². The first-order valence-electron chi connectivity index (χ1n) is 9.31. The van der Waals surface area contributed by atoms with Crippen molar-refractivity contribution in [3.8, 4) is 0 Å². The second-order valence-electron chi connectivity index (χ2n) is 6.64.